The molecule has 2 heterocycles. The molecule has 0 amide bonds. The van der Waals surface area contributed by atoms with Crippen molar-refractivity contribution in [1.82, 2.24) is 0 Å². The van der Waals surface area contributed by atoms with Gasteiger partial charge in [0.05, 0.1) is 58.3 Å². The van der Waals surface area contributed by atoms with Crippen LogP contribution in [0, 0.1) is 0 Å². The molecule has 8 nitrogen and oxygen atoms in total. The van der Waals surface area contributed by atoms with Gasteiger partial charge >= 0.3 is 14.2 Å². The summed E-state index contributed by atoms with van der Waals surface area (Å²) >= 11 is 0. The lowest BCUT2D eigenvalue weighted by Gasteiger charge is -2.32. The maximum absolute atomic E-state index is 6.75. The molecule has 2 fully saturated rings. The van der Waals surface area contributed by atoms with Gasteiger partial charge in [-0.05, 0) is 105 Å². The molecule has 2 aliphatic carbocycles. The average molecular weight is 801 g/mol. The summed E-state index contributed by atoms with van der Waals surface area (Å²) in [6, 6.07) is 22.5. The molecule has 4 aromatic carbocycles. The van der Waals surface area contributed by atoms with Crippen LogP contribution in [0.1, 0.15) is 127 Å². The van der Waals surface area contributed by atoms with Crippen LogP contribution < -0.4 is 29.9 Å². The molecular weight excluding hydrogens is 738 g/mol. The monoisotopic (exact) mass is 800 g/mol. The molecule has 59 heavy (non-hydrogen) atoms. The van der Waals surface area contributed by atoms with Crippen LogP contribution >= 0.6 is 0 Å². The van der Waals surface area contributed by atoms with Crippen LogP contribution in [-0.4, -0.2) is 67.1 Å². The van der Waals surface area contributed by atoms with Gasteiger partial charge in [-0.3, -0.25) is 0 Å². The summed E-state index contributed by atoms with van der Waals surface area (Å²) in [6.07, 6.45) is 12.9. The zero-order valence-corrected chi connectivity index (χ0v) is 35.8. The number of rotatable bonds is 22. The fourth-order valence-corrected chi connectivity index (χ4v) is 9.25. The number of unbranched alkanes of at least 4 members (excludes halogenated alkanes) is 8. The Morgan fingerprint density at radius 2 is 0.729 bits per heavy atom. The molecule has 10 heteroatoms. The van der Waals surface area contributed by atoms with E-state index in [-0.39, 0.29) is 0 Å². The Balaban J connectivity index is 1.38. The summed E-state index contributed by atoms with van der Waals surface area (Å²) in [4.78, 5) is 0. The number of hydrogen-bond acceptors (Lipinski definition) is 8. The van der Waals surface area contributed by atoms with E-state index in [0.29, 0.717) is 52.9 Å². The summed E-state index contributed by atoms with van der Waals surface area (Å²) in [7, 11) is -0.852. The lowest BCUT2D eigenvalue weighted by Crippen LogP contribution is -2.35. The maximum Gasteiger partial charge on any atom is 0.494 e. The average Bonchev–Trinajstić information content (AvgIpc) is 4.09. The topological polar surface area (TPSA) is 73.8 Å². The van der Waals surface area contributed by atoms with Crippen molar-refractivity contribution in [3.8, 4) is 45.3 Å². The third kappa shape index (κ3) is 8.40. The quantitative estimate of drug-likeness (QED) is 0.0497. The van der Waals surface area contributed by atoms with Crippen LogP contribution in [0.25, 0.3) is 22.3 Å². The molecule has 0 bridgehead atoms. The van der Waals surface area contributed by atoms with Gasteiger partial charge in [0.15, 0.2) is 23.0 Å². The Morgan fingerprint density at radius 3 is 1.07 bits per heavy atom. The molecule has 0 unspecified atom stereocenters. The number of ether oxygens (including phenoxy) is 4. The summed E-state index contributed by atoms with van der Waals surface area (Å²) < 4.78 is 51.4. The highest BCUT2D eigenvalue weighted by Gasteiger charge is 2.54. The van der Waals surface area contributed by atoms with Gasteiger partial charge in [0, 0.05) is 0 Å². The highest BCUT2D eigenvalue weighted by molar-refractivity contribution is 6.62. The molecule has 1 spiro atoms. The highest BCUT2D eigenvalue weighted by atomic mass is 16.6. The predicted molar refractivity (Wildman–Crippen MR) is 237 cm³/mol. The van der Waals surface area contributed by atoms with Crippen molar-refractivity contribution in [2.24, 2.45) is 0 Å². The van der Waals surface area contributed by atoms with Gasteiger partial charge in [-0.1, -0.05) is 115 Å². The molecule has 312 valence electrons. The second kappa shape index (κ2) is 19.6. The van der Waals surface area contributed by atoms with Gasteiger partial charge in [0.2, 0.25) is 0 Å². The van der Waals surface area contributed by atoms with Gasteiger partial charge in [-0.15, -0.1) is 0 Å². The first-order chi connectivity index (χ1) is 29.1. The van der Waals surface area contributed by atoms with Crippen molar-refractivity contribution < 1.29 is 37.6 Å². The van der Waals surface area contributed by atoms with E-state index < -0.39 is 19.7 Å². The van der Waals surface area contributed by atoms with E-state index in [9.17, 15) is 0 Å². The molecule has 0 N–H and O–H groups in total. The van der Waals surface area contributed by atoms with E-state index in [1.54, 1.807) is 0 Å². The normalized spacial score (nSPS) is 15.7. The first-order valence-corrected chi connectivity index (χ1v) is 22.8. The summed E-state index contributed by atoms with van der Waals surface area (Å²) in [6.45, 7) is 13.7. The van der Waals surface area contributed by atoms with Crippen molar-refractivity contribution in [1.29, 1.82) is 0 Å². The molecule has 2 saturated heterocycles. The molecule has 4 aromatic rings. The van der Waals surface area contributed by atoms with Gasteiger partial charge in [0.1, 0.15) is 0 Å². The third-order valence-corrected chi connectivity index (χ3v) is 12.3. The molecule has 2 aliphatic heterocycles. The lowest BCUT2D eigenvalue weighted by molar-refractivity contribution is 0.259. The van der Waals surface area contributed by atoms with Crippen LogP contribution in [-0.2, 0) is 24.0 Å². The second-order valence-electron chi connectivity index (χ2n) is 16.4. The van der Waals surface area contributed by atoms with E-state index in [4.69, 9.17) is 37.6 Å². The van der Waals surface area contributed by atoms with E-state index >= 15 is 0 Å². The van der Waals surface area contributed by atoms with Crippen LogP contribution in [0.2, 0.25) is 0 Å². The summed E-state index contributed by atoms with van der Waals surface area (Å²) in [5.41, 5.74) is 10.5. The van der Waals surface area contributed by atoms with E-state index in [1.165, 1.54) is 22.3 Å². The van der Waals surface area contributed by atoms with Crippen molar-refractivity contribution in [2.75, 3.05) is 52.9 Å². The minimum absolute atomic E-state index is 0.426. The van der Waals surface area contributed by atoms with Crippen molar-refractivity contribution >= 4 is 25.2 Å². The number of benzene rings is 4. The summed E-state index contributed by atoms with van der Waals surface area (Å²) in [5, 5.41) is 0. The minimum atomic E-state index is -0.747. The third-order valence-electron chi connectivity index (χ3n) is 12.3. The van der Waals surface area contributed by atoms with Crippen LogP contribution in [0.3, 0.4) is 0 Å². The fraction of sp³-hybridized carbons (Fsp3) is 0.510. The van der Waals surface area contributed by atoms with Crippen molar-refractivity contribution in [2.45, 2.75) is 110 Å². The smallest absolute Gasteiger partial charge is 0.490 e. The van der Waals surface area contributed by atoms with Crippen molar-refractivity contribution in [3.05, 3.63) is 82.9 Å². The van der Waals surface area contributed by atoms with Gasteiger partial charge in [-0.25, -0.2) is 0 Å². The summed E-state index contributed by atoms with van der Waals surface area (Å²) in [5.74, 6) is 3.13. The van der Waals surface area contributed by atoms with Crippen LogP contribution in [0.5, 0.6) is 23.0 Å². The van der Waals surface area contributed by atoms with Crippen LogP contribution in [0.4, 0.5) is 0 Å². The Hall–Kier alpha value is -3.95. The van der Waals surface area contributed by atoms with Crippen LogP contribution in [0.15, 0.2) is 60.7 Å². The van der Waals surface area contributed by atoms with Gasteiger partial charge in [-0.2, -0.15) is 0 Å². The molecule has 0 radical (unpaired) electrons. The predicted octanol–water partition coefficient (Wildman–Crippen LogP) is 9.79. The molecule has 0 aromatic heterocycles. The van der Waals surface area contributed by atoms with Gasteiger partial charge < -0.3 is 37.6 Å². The number of fused-ring (bicyclic) bond motifs is 10. The molecule has 0 saturated carbocycles. The second-order valence-corrected chi connectivity index (χ2v) is 16.4. The Kier molecular flexibility index (Phi) is 13.9. The lowest BCUT2D eigenvalue weighted by atomic mass is 9.67. The van der Waals surface area contributed by atoms with E-state index in [1.807, 2.05) is 0 Å². The zero-order valence-electron chi connectivity index (χ0n) is 35.8. The zero-order chi connectivity index (χ0) is 40.6. The van der Waals surface area contributed by atoms with E-state index in [0.717, 1.165) is 133 Å². The standard InChI is InChI=1S/C49H62B2O8/c1-5-9-13-21-52-45-31-39-40-32-46(53-22-14-10-6-2)48(55-24-16-12-8-4)34-44(40)49(43(39)33-47(45)54-23-15-11-7-3)41-29-35(50-56-25-26-57-50)17-19-37(41)38-20-18-36(30-42(38)49)51-58-27-28-59-51/h17-20,29-34H,5-16,21-28H2,1-4H3. The largest absolute Gasteiger partial charge is 0.494 e. The van der Waals surface area contributed by atoms with Gasteiger partial charge in [0.25, 0.3) is 0 Å². The van der Waals surface area contributed by atoms with E-state index in [2.05, 4.69) is 88.4 Å². The number of hydrogen-bond donors (Lipinski definition) is 0. The minimum Gasteiger partial charge on any atom is -0.490 e. The fourth-order valence-electron chi connectivity index (χ4n) is 9.25. The first-order valence-electron chi connectivity index (χ1n) is 22.8. The Morgan fingerprint density at radius 1 is 0.407 bits per heavy atom. The maximum atomic E-state index is 6.75. The molecular formula is C49H62B2O8. The Labute approximate surface area is 352 Å². The van der Waals surface area contributed by atoms with Crippen molar-refractivity contribution in [3.63, 3.8) is 0 Å². The molecule has 0 atom stereocenters. The Bertz CT molecular complexity index is 1890. The first kappa shape index (κ1) is 41.8. The SMILES string of the molecule is CCCCCOc1cc2c(cc1OCCCCC)C1(c3cc(B4OCCO4)ccc3-c3ccc(B4OCCO4)cc31)c1cc(OCCCCC)c(OCCCCC)cc1-2. The highest BCUT2D eigenvalue weighted by Crippen LogP contribution is 2.65. The molecule has 4 aliphatic rings. The molecule has 8 rings (SSSR count).